The first-order valence-corrected chi connectivity index (χ1v) is 6.34. The molecule has 3 unspecified atom stereocenters. The molecule has 1 saturated heterocycles. The van der Waals surface area contributed by atoms with E-state index < -0.39 is 0 Å². The molecule has 92 valence electrons. The fourth-order valence-electron chi connectivity index (χ4n) is 2.71. The molecule has 3 rings (SSSR count). The van der Waals surface area contributed by atoms with Gasteiger partial charge >= 0.3 is 0 Å². The molecule has 0 aromatic heterocycles. The van der Waals surface area contributed by atoms with E-state index in [0.29, 0.717) is 6.10 Å². The summed E-state index contributed by atoms with van der Waals surface area (Å²) in [5.41, 5.74) is 10.0. The fourth-order valence-corrected chi connectivity index (χ4v) is 2.71. The summed E-state index contributed by atoms with van der Waals surface area (Å²) in [5.74, 6) is 0. The van der Waals surface area contributed by atoms with E-state index in [4.69, 9.17) is 15.2 Å². The Labute approximate surface area is 102 Å². The van der Waals surface area contributed by atoms with E-state index in [1.807, 2.05) is 0 Å². The molecule has 1 fully saturated rings. The van der Waals surface area contributed by atoms with Crippen LogP contribution >= 0.6 is 0 Å². The highest BCUT2D eigenvalue weighted by Gasteiger charge is 2.28. The van der Waals surface area contributed by atoms with Crippen molar-refractivity contribution in [3.05, 3.63) is 34.9 Å². The molecule has 3 atom stereocenters. The summed E-state index contributed by atoms with van der Waals surface area (Å²) in [6, 6.07) is 6.42. The van der Waals surface area contributed by atoms with Crippen molar-refractivity contribution in [2.24, 2.45) is 5.73 Å². The molecule has 0 spiro atoms. The minimum atomic E-state index is -0.00847. The van der Waals surface area contributed by atoms with Crippen LogP contribution in [0.15, 0.2) is 18.2 Å². The van der Waals surface area contributed by atoms with Crippen LogP contribution in [-0.4, -0.2) is 12.2 Å². The van der Waals surface area contributed by atoms with Gasteiger partial charge in [0.1, 0.15) is 0 Å². The lowest BCUT2D eigenvalue weighted by Crippen LogP contribution is -2.26. The first kappa shape index (κ1) is 11.2. The quantitative estimate of drug-likeness (QED) is 0.852. The Morgan fingerprint density at radius 1 is 1.24 bits per heavy atom. The van der Waals surface area contributed by atoms with E-state index in [1.165, 1.54) is 16.7 Å². The number of rotatable bonds is 2. The van der Waals surface area contributed by atoms with Crippen LogP contribution < -0.4 is 5.73 Å². The zero-order valence-corrected chi connectivity index (χ0v) is 10.2. The molecule has 1 aromatic carbocycles. The van der Waals surface area contributed by atoms with Crippen molar-refractivity contribution in [1.29, 1.82) is 0 Å². The van der Waals surface area contributed by atoms with Crippen molar-refractivity contribution in [3.8, 4) is 0 Å². The first-order valence-electron chi connectivity index (χ1n) is 6.34. The smallest absolute Gasteiger partial charge is 0.0772 e. The van der Waals surface area contributed by atoms with Gasteiger partial charge in [-0.3, -0.25) is 0 Å². The van der Waals surface area contributed by atoms with E-state index in [0.717, 1.165) is 26.1 Å². The van der Waals surface area contributed by atoms with Crippen molar-refractivity contribution in [3.63, 3.8) is 0 Å². The van der Waals surface area contributed by atoms with E-state index in [2.05, 4.69) is 25.1 Å². The molecule has 0 radical (unpaired) electrons. The van der Waals surface area contributed by atoms with E-state index >= 15 is 0 Å². The van der Waals surface area contributed by atoms with Crippen LogP contribution in [0.5, 0.6) is 0 Å². The van der Waals surface area contributed by atoms with Crippen molar-refractivity contribution < 1.29 is 9.47 Å². The Morgan fingerprint density at radius 2 is 2.06 bits per heavy atom. The molecule has 0 aliphatic carbocycles. The Balaban J connectivity index is 1.79. The van der Waals surface area contributed by atoms with Gasteiger partial charge in [-0.25, -0.2) is 0 Å². The minimum absolute atomic E-state index is 0.00847. The number of hydrogen-bond acceptors (Lipinski definition) is 3. The monoisotopic (exact) mass is 233 g/mol. The van der Waals surface area contributed by atoms with E-state index in [9.17, 15) is 0 Å². The van der Waals surface area contributed by atoms with Gasteiger partial charge in [-0.05, 0) is 36.5 Å². The second-order valence-corrected chi connectivity index (χ2v) is 5.11. The predicted octanol–water partition coefficient (Wildman–Crippen LogP) is 2.28. The SMILES string of the molecule is CC1CCC(C(N)c2ccc3c(c2)COC3)O1. The minimum Gasteiger partial charge on any atom is -0.373 e. The van der Waals surface area contributed by atoms with Gasteiger partial charge in [0.05, 0.1) is 31.5 Å². The summed E-state index contributed by atoms with van der Waals surface area (Å²) in [6.45, 7) is 3.57. The highest BCUT2D eigenvalue weighted by molar-refractivity contribution is 5.35. The largest absolute Gasteiger partial charge is 0.373 e. The lowest BCUT2D eigenvalue weighted by Gasteiger charge is -2.20. The number of hydrogen-bond donors (Lipinski definition) is 1. The van der Waals surface area contributed by atoms with Gasteiger partial charge in [-0.1, -0.05) is 18.2 Å². The second-order valence-electron chi connectivity index (χ2n) is 5.11. The predicted molar refractivity (Wildman–Crippen MR) is 65.4 cm³/mol. The zero-order valence-electron chi connectivity index (χ0n) is 10.2. The van der Waals surface area contributed by atoms with Crippen molar-refractivity contribution in [2.45, 2.75) is 51.2 Å². The summed E-state index contributed by atoms with van der Waals surface area (Å²) in [4.78, 5) is 0. The van der Waals surface area contributed by atoms with Crippen molar-refractivity contribution >= 4 is 0 Å². The van der Waals surface area contributed by atoms with Crippen LogP contribution in [0.1, 0.15) is 42.5 Å². The number of benzene rings is 1. The third-order valence-corrected chi connectivity index (χ3v) is 3.80. The molecule has 2 N–H and O–H groups in total. The van der Waals surface area contributed by atoms with E-state index in [-0.39, 0.29) is 12.1 Å². The van der Waals surface area contributed by atoms with Gasteiger partial charge in [-0.2, -0.15) is 0 Å². The molecule has 0 saturated carbocycles. The lowest BCUT2D eigenvalue weighted by molar-refractivity contribution is 0.0401. The van der Waals surface area contributed by atoms with Crippen molar-refractivity contribution in [1.82, 2.24) is 0 Å². The van der Waals surface area contributed by atoms with Crippen LogP contribution in [0.3, 0.4) is 0 Å². The first-order chi connectivity index (χ1) is 8.24. The lowest BCUT2D eigenvalue weighted by atomic mass is 9.97. The van der Waals surface area contributed by atoms with Gasteiger partial charge in [0.15, 0.2) is 0 Å². The maximum absolute atomic E-state index is 6.29. The summed E-state index contributed by atoms with van der Waals surface area (Å²) in [5, 5.41) is 0. The van der Waals surface area contributed by atoms with Gasteiger partial charge in [0, 0.05) is 0 Å². The molecule has 3 heteroatoms. The Bertz CT molecular complexity index is 419. The molecule has 2 aliphatic rings. The van der Waals surface area contributed by atoms with Crippen LogP contribution in [-0.2, 0) is 22.7 Å². The van der Waals surface area contributed by atoms with Crippen LogP contribution in [0.25, 0.3) is 0 Å². The Hall–Kier alpha value is -0.900. The van der Waals surface area contributed by atoms with Gasteiger partial charge in [0.25, 0.3) is 0 Å². The van der Waals surface area contributed by atoms with Crippen LogP contribution in [0.2, 0.25) is 0 Å². The fraction of sp³-hybridized carbons (Fsp3) is 0.571. The highest BCUT2D eigenvalue weighted by Crippen LogP contribution is 2.30. The highest BCUT2D eigenvalue weighted by atomic mass is 16.5. The molecular formula is C14H19NO2. The topological polar surface area (TPSA) is 44.5 Å². The Morgan fingerprint density at radius 3 is 2.82 bits per heavy atom. The summed E-state index contributed by atoms with van der Waals surface area (Å²) in [6.07, 6.45) is 2.71. The number of ether oxygens (including phenoxy) is 2. The molecular weight excluding hydrogens is 214 g/mol. The molecule has 2 aliphatic heterocycles. The van der Waals surface area contributed by atoms with Gasteiger partial charge in [0.2, 0.25) is 0 Å². The molecule has 0 bridgehead atoms. The van der Waals surface area contributed by atoms with Crippen molar-refractivity contribution in [2.75, 3.05) is 0 Å². The average Bonchev–Trinajstić information content (AvgIpc) is 2.95. The normalized spacial score (nSPS) is 29.3. The van der Waals surface area contributed by atoms with Crippen LogP contribution in [0, 0.1) is 0 Å². The standard InChI is InChI=1S/C14H19NO2/c1-9-2-5-13(17-9)14(15)10-3-4-11-7-16-8-12(11)6-10/h3-4,6,9,13-14H,2,5,7-8,15H2,1H3. The van der Waals surface area contributed by atoms with Gasteiger partial charge in [-0.15, -0.1) is 0 Å². The number of fused-ring (bicyclic) bond motifs is 1. The number of nitrogens with two attached hydrogens (primary N) is 1. The average molecular weight is 233 g/mol. The second kappa shape index (κ2) is 4.41. The maximum atomic E-state index is 6.29. The van der Waals surface area contributed by atoms with Crippen LogP contribution in [0.4, 0.5) is 0 Å². The molecule has 1 aromatic rings. The maximum Gasteiger partial charge on any atom is 0.0772 e. The molecule has 2 heterocycles. The summed E-state index contributed by atoms with van der Waals surface area (Å²) in [7, 11) is 0. The summed E-state index contributed by atoms with van der Waals surface area (Å²) >= 11 is 0. The Kier molecular flexibility index (Phi) is 2.90. The summed E-state index contributed by atoms with van der Waals surface area (Å²) < 4.78 is 11.3. The zero-order chi connectivity index (χ0) is 11.8. The molecule has 0 amide bonds. The molecule has 3 nitrogen and oxygen atoms in total. The molecule has 17 heavy (non-hydrogen) atoms. The third kappa shape index (κ3) is 2.10. The third-order valence-electron chi connectivity index (χ3n) is 3.80. The van der Waals surface area contributed by atoms with E-state index in [1.54, 1.807) is 0 Å². The van der Waals surface area contributed by atoms with Gasteiger partial charge < -0.3 is 15.2 Å².